The van der Waals surface area contributed by atoms with Crippen LogP contribution in [0.4, 0.5) is 5.69 Å². The van der Waals surface area contributed by atoms with E-state index in [2.05, 4.69) is 14.9 Å². The number of hydrogen-bond acceptors (Lipinski definition) is 4. The number of rotatable bonds is 4. The molecule has 1 fully saturated rings. The van der Waals surface area contributed by atoms with Crippen molar-refractivity contribution in [1.82, 2.24) is 14.9 Å². The van der Waals surface area contributed by atoms with Crippen LogP contribution in [-0.4, -0.2) is 44.5 Å². The van der Waals surface area contributed by atoms with Crippen LogP contribution in [0.2, 0.25) is 0 Å². The molecule has 0 saturated carbocycles. The second kappa shape index (κ2) is 5.30. The number of anilines is 1. The van der Waals surface area contributed by atoms with E-state index in [1.165, 1.54) is 12.8 Å². The number of fused-ring (bicyclic) bond motifs is 1. The van der Waals surface area contributed by atoms with Crippen LogP contribution >= 0.6 is 0 Å². The Morgan fingerprint density at radius 1 is 1.37 bits per heavy atom. The first-order valence-corrected chi connectivity index (χ1v) is 7.90. The van der Waals surface area contributed by atoms with Crippen LogP contribution in [0.15, 0.2) is 23.4 Å². The van der Waals surface area contributed by atoms with Gasteiger partial charge >= 0.3 is 0 Å². The van der Waals surface area contributed by atoms with Crippen LogP contribution in [0.1, 0.15) is 12.8 Å². The van der Waals surface area contributed by atoms with Gasteiger partial charge in [-0.3, -0.25) is 4.21 Å². The molecule has 3 N–H and O–H groups in total. The van der Waals surface area contributed by atoms with Gasteiger partial charge in [-0.2, -0.15) is 0 Å². The Morgan fingerprint density at radius 3 is 2.95 bits per heavy atom. The highest BCUT2D eigenvalue weighted by molar-refractivity contribution is 7.84. The summed E-state index contributed by atoms with van der Waals surface area (Å²) in [5.41, 5.74) is 8.08. The first-order valence-electron chi connectivity index (χ1n) is 6.58. The Morgan fingerprint density at radius 2 is 2.16 bits per heavy atom. The van der Waals surface area contributed by atoms with Gasteiger partial charge in [0.1, 0.15) is 0 Å². The monoisotopic (exact) mass is 278 g/mol. The molecule has 102 valence electrons. The van der Waals surface area contributed by atoms with E-state index >= 15 is 0 Å². The number of hydrogen-bond donors (Lipinski definition) is 2. The van der Waals surface area contributed by atoms with E-state index in [9.17, 15) is 4.21 Å². The molecule has 0 amide bonds. The molecule has 0 bridgehead atoms. The molecule has 0 radical (unpaired) electrons. The van der Waals surface area contributed by atoms with Gasteiger partial charge in [0.2, 0.25) is 0 Å². The summed E-state index contributed by atoms with van der Waals surface area (Å²) in [7, 11) is -1.07. The third-order valence-electron chi connectivity index (χ3n) is 3.49. The lowest BCUT2D eigenvalue weighted by Crippen LogP contribution is -2.24. The molecule has 5 nitrogen and oxygen atoms in total. The standard InChI is InChI=1S/C13H18N4OS/c14-10-3-4-11-12(9-10)16-13(15-11)19(18)8-7-17-5-1-2-6-17/h3-4,9H,1-2,5-8,14H2,(H,15,16). The highest BCUT2D eigenvalue weighted by Gasteiger charge is 2.15. The average molecular weight is 278 g/mol. The van der Waals surface area contributed by atoms with Gasteiger partial charge in [0.05, 0.1) is 21.8 Å². The Balaban J connectivity index is 1.70. The third kappa shape index (κ3) is 2.79. The summed E-state index contributed by atoms with van der Waals surface area (Å²) in [6.45, 7) is 3.15. The lowest BCUT2D eigenvalue weighted by Gasteiger charge is -2.12. The molecule has 19 heavy (non-hydrogen) atoms. The zero-order valence-electron chi connectivity index (χ0n) is 10.8. The number of nitrogens with two attached hydrogens (primary N) is 1. The lowest BCUT2D eigenvalue weighted by atomic mass is 10.3. The number of aromatic amines is 1. The second-order valence-electron chi connectivity index (χ2n) is 4.92. The zero-order chi connectivity index (χ0) is 13.2. The van der Waals surface area contributed by atoms with Crippen molar-refractivity contribution in [2.75, 3.05) is 31.1 Å². The van der Waals surface area contributed by atoms with Crippen LogP contribution in [0, 0.1) is 0 Å². The minimum Gasteiger partial charge on any atom is -0.399 e. The predicted molar refractivity (Wildman–Crippen MR) is 77.5 cm³/mol. The van der Waals surface area contributed by atoms with E-state index in [0.29, 0.717) is 16.6 Å². The van der Waals surface area contributed by atoms with Gasteiger partial charge in [0, 0.05) is 18.0 Å². The number of nitrogens with one attached hydrogen (secondary N) is 1. The number of nitrogen functional groups attached to an aromatic ring is 1. The minimum absolute atomic E-state index is 0.555. The van der Waals surface area contributed by atoms with Gasteiger partial charge in [-0.1, -0.05) is 0 Å². The van der Waals surface area contributed by atoms with E-state index < -0.39 is 10.8 Å². The molecule has 0 spiro atoms. The highest BCUT2D eigenvalue weighted by Crippen LogP contribution is 2.17. The van der Waals surface area contributed by atoms with Gasteiger partial charge in [-0.05, 0) is 44.1 Å². The summed E-state index contributed by atoms with van der Waals surface area (Å²) in [5, 5.41) is 0.555. The molecule has 1 saturated heterocycles. The van der Waals surface area contributed by atoms with Crippen molar-refractivity contribution in [2.24, 2.45) is 0 Å². The number of H-pyrrole nitrogens is 1. The number of likely N-dealkylation sites (tertiary alicyclic amines) is 1. The van der Waals surface area contributed by atoms with E-state index in [1.807, 2.05) is 12.1 Å². The maximum absolute atomic E-state index is 12.2. The van der Waals surface area contributed by atoms with Crippen LogP contribution in [0.25, 0.3) is 11.0 Å². The summed E-state index contributed by atoms with van der Waals surface area (Å²) < 4.78 is 12.2. The summed E-state index contributed by atoms with van der Waals surface area (Å²) in [4.78, 5) is 9.83. The first-order chi connectivity index (χ1) is 9.22. The fourth-order valence-electron chi connectivity index (χ4n) is 2.43. The first kappa shape index (κ1) is 12.6. The maximum Gasteiger partial charge on any atom is 0.197 e. The SMILES string of the molecule is Nc1ccc2nc(S(=O)CCN3CCCC3)[nH]c2c1. The molecule has 2 aromatic rings. The van der Waals surface area contributed by atoms with E-state index in [1.54, 1.807) is 6.07 Å². The van der Waals surface area contributed by atoms with Gasteiger partial charge < -0.3 is 15.6 Å². The molecule has 1 atom stereocenters. The van der Waals surface area contributed by atoms with Crippen LogP contribution in [0.3, 0.4) is 0 Å². The Bertz CT molecular complexity index is 604. The van der Waals surface area contributed by atoms with Crippen molar-refractivity contribution < 1.29 is 4.21 Å². The normalized spacial score (nSPS) is 18.1. The van der Waals surface area contributed by atoms with Gasteiger partial charge in [-0.15, -0.1) is 0 Å². The largest absolute Gasteiger partial charge is 0.399 e. The number of imidazole rings is 1. The fraction of sp³-hybridized carbons (Fsp3) is 0.462. The van der Waals surface area contributed by atoms with E-state index in [-0.39, 0.29) is 0 Å². The lowest BCUT2D eigenvalue weighted by molar-refractivity contribution is 0.360. The van der Waals surface area contributed by atoms with Crippen molar-refractivity contribution in [2.45, 2.75) is 18.0 Å². The van der Waals surface area contributed by atoms with E-state index in [4.69, 9.17) is 5.73 Å². The molecule has 2 heterocycles. The molecular formula is C13H18N4OS. The number of aromatic nitrogens is 2. The molecule has 1 aromatic carbocycles. The molecule has 1 aromatic heterocycles. The molecule has 1 aliphatic rings. The average Bonchev–Trinajstić information content (AvgIpc) is 3.04. The Kier molecular flexibility index (Phi) is 3.52. The van der Waals surface area contributed by atoms with Crippen molar-refractivity contribution in [3.05, 3.63) is 18.2 Å². The summed E-state index contributed by atoms with van der Waals surface area (Å²) in [6, 6.07) is 5.48. The van der Waals surface area contributed by atoms with Gasteiger partial charge in [0.25, 0.3) is 0 Å². The van der Waals surface area contributed by atoms with Crippen LogP contribution in [-0.2, 0) is 10.8 Å². The summed E-state index contributed by atoms with van der Waals surface area (Å²) >= 11 is 0. The molecule has 3 rings (SSSR count). The smallest absolute Gasteiger partial charge is 0.197 e. The number of nitrogens with zero attached hydrogens (tertiary/aromatic N) is 2. The van der Waals surface area contributed by atoms with E-state index in [0.717, 1.165) is 30.7 Å². The summed E-state index contributed by atoms with van der Waals surface area (Å²) in [5.74, 6) is 0.634. The van der Waals surface area contributed by atoms with Crippen LogP contribution in [0.5, 0.6) is 0 Å². The fourth-order valence-corrected chi connectivity index (χ4v) is 3.47. The third-order valence-corrected chi connectivity index (χ3v) is 4.67. The second-order valence-corrected chi connectivity index (χ2v) is 6.40. The quantitative estimate of drug-likeness (QED) is 0.828. The summed E-state index contributed by atoms with van der Waals surface area (Å²) in [6.07, 6.45) is 2.52. The topological polar surface area (TPSA) is 75.0 Å². The van der Waals surface area contributed by atoms with Crippen molar-refractivity contribution in [1.29, 1.82) is 0 Å². The maximum atomic E-state index is 12.2. The molecule has 6 heteroatoms. The molecule has 1 unspecified atom stereocenters. The zero-order valence-corrected chi connectivity index (χ0v) is 11.6. The van der Waals surface area contributed by atoms with Crippen molar-refractivity contribution in [3.63, 3.8) is 0 Å². The highest BCUT2D eigenvalue weighted by atomic mass is 32.2. The predicted octanol–water partition coefficient (Wildman–Crippen LogP) is 1.35. The minimum atomic E-state index is -1.07. The molecule has 1 aliphatic heterocycles. The van der Waals surface area contributed by atoms with Crippen molar-refractivity contribution >= 4 is 27.5 Å². The van der Waals surface area contributed by atoms with Gasteiger partial charge in [0.15, 0.2) is 5.16 Å². The Hall–Kier alpha value is -1.40. The molecular weight excluding hydrogens is 260 g/mol. The van der Waals surface area contributed by atoms with Crippen LogP contribution < -0.4 is 5.73 Å². The number of benzene rings is 1. The van der Waals surface area contributed by atoms with Gasteiger partial charge in [-0.25, -0.2) is 4.98 Å². The molecule has 0 aliphatic carbocycles. The Labute approximate surface area is 114 Å². The van der Waals surface area contributed by atoms with Crippen molar-refractivity contribution in [3.8, 4) is 0 Å².